The van der Waals surface area contributed by atoms with E-state index in [2.05, 4.69) is 21.1 Å². The van der Waals surface area contributed by atoms with Crippen LogP contribution in [0.1, 0.15) is 51.4 Å². The molecule has 2 N–H and O–H groups in total. The van der Waals surface area contributed by atoms with E-state index in [1.165, 1.54) is 0 Å². The Morgan fingerprint density at radius 2 is 1.68 bits per heavy atom. The summed E-state index contributed by atoms with van der Waals surface area (Å²) in [5.41, 5.74) is 6.47. The second-order valence-corrected chi connectivity index (χ2v) is 7.06. The van der Waals surface area contributed by atoms with Crippen molar-refractivity contribution in [3.05, 3.63) is 0 Å². The van der Waals surface area contributed by atoms with Gasteiger partial charge in [-0.15, -0.1) is 12.4 Å². The van der Waals surface area contributed by atoms with Crippen LogP contribution in [-0.2, 0) is 9.53 Å². The molecule has 0 amide bonds. The largest absolute Gasteiger partial charge is 0.462 e. The molecule has 2 aliphatic heterocycles. The molecule has 0 aromatic rings. The number of ether oxygens (including phenoxy) is 1. The summed E-state index contributed by atoms with van der Waals surface area (Å²) in [6, 6.07) is 0. The molecular formula is C15H23ClN4O2. The number of carbonyl (C=O) groups is 1. The number of esters is 1. The molecule has 0 bridgehead atoms. The highest BCUT2D eigenvalue weighted by atomic mass is 35.5. The standard InChI is InChI=1S/C15H22N4O2.ClH/c20-13(11-1-3-14(9-11)5-7-16-18-14)21-12-2-4-15(10-12)6-8-17-19-15;/h7-8,11-12,18-19H,1-6,9-10H2;1H. The van der Waals surface area contributed by atoms with Gasteiger partial charge in [0.25, 0.3) is 0 Å². The molecule has 0 aromatic carbocycles. The molecule has 2 spiro atoms. The smallest absolute Gasteiger partial charge is 0.309 e. The third-order valence-electron chi connectivity index (χ3n) is 5.54. The van der Waals surface area contributed by atoms with E-state index in [4.69, 9.17) is 4.74 Å². The van der Waals surface area contributed by atoms with E-state index < -0.39 is 0 Å². The molecule has 4 rings (SSSR count). The van der Waals surface area contributed by atoms with E-state index in [0.717, 1.165) is 51.4 Å². The summed E-state index contributed by atoms with van der Waals surface area (Å²) in [5, 5.41) is 8.23. The van der Waals surface area contributed by atoms with Crippen molar-refractivity contribution in [2.45, 2.75) is 68.5 Å². The highest BCUT2D eigenvalue weighted by Crippen LogP contribution is 2.40. The lowest BCUT2D eigenvalue weighted by atomic mass is 9.94. The van der Waals surface area contributed by atoms with E-state index in [9.17, 15) is 4.79 Å². The van der Waals surface area contributed by atoms with E-state index in [1.807, 2.05) is 12.4 Å². The molecule has 4 unspecified atom stereocenters. The van der Waals surface area contributed by atoms with Crippen LogP contribution in [0.3, 0.4) is 0 Å². The molecule has 122 valence electrons. The van der Waals surface area contributed by atoms with Crippen molar-refractivity contribution in [1.29, 1.82) is 0 Å². The molecule has 2 saturated carbocycles. The Hall–Kier alpha value is -1.30. The highest BCUT2D eigenvalue weighted by Gasteiger charge is 2.46. The highest BCUT2D eigenvalue weighted by molar-refractivity contribution is 5.85. The zero-order chi connectivity index (χ0) is 14.3. The van der Waals surface area contributed by atoms with E-state index in [1.54, 1.807) is 0 Å². The molecular weight excluding hydrogens is 304 g/mol. The Morgan fingerprint density at radius 1 is 1.05 bits per heavy atom. The summed E-state index contributed by atoms with van der Waals surface area (Å²) >= 11 is 0. The van der Waals surface area contributed by atoms with Crippen molar-refractivity contribution in [2.24, 2.45) is 16.1 Å². The molecule has 2 heterocycles. The van der Waals surface area contributed by atoms with Crippen molar-refractivity contribution in [2.75, 3.05) is 0 Å². The molecule has 0 radical (unpaired) electrons. The average molecular weight is 327 g/mol. The normalized spacial score (nSPS) is 41.6. The minimum absolute atomic E-state index is 0. The van der Waals surface area contributed by atoms with Crippen molar-refractivity contribution < 1.29 is 9.53 Å². The maximum atomic E-state index is 12.4. The molecule has 0 saturated heterocycles. The number of carbonyl (C=O) groups excluding carboxylic acids is 1. The maximum absolute atomic E-state index is 12.4. The first-order chi connectivity index (χ1) is 10.2. The molecule has 0 aromatic heterocycles. The van der Waals surface area contributed by atoms with Crippen LogP contribution in [0.25, 0.3) is 0 Å². The predicted octanol–water partition coefficient (Wildman–Crippen LogP) is 1.74. The predicted molar refractivity (Wildman–Crippen MR) is 86.3 cm³/mol. The summed E-state index contributed by atoms with van der Waals surface area (Å²) in [4.78, 5) is 12.4. The molecule has 2 aliphatic carbocycles. The van der Waals surface area contributed by atoms with Crippen molar-refractivity contribution in [3.63, 3.8) is 0 Å². The van der Waals surface area contributed by atoms with Gasteiger partial charge < -0.3 is 15.6 Å². The number of hydrazone groups is 2. The Bertz CT molecular complexity index is 492. The van der Waals surface area contributed by atoms with Gasteiger partial charge in [-0.25, -0.2) is 0 Å². The molecule has 7 heteroatoms. The van der Waals surface area contributed by atoms with Gasteiger partial charge in [-0.1, -0.05) is 0 Å². The second-order valence-electron chi connectivity index (χ2n) is 7.06. The van der Waals surface area contributed by atoms with Gasteiger partial charge >= 0.3 is 5.97 Å². The fourth-order valence-corrected chi connectivity index (χ4v) is 4.24. The number of nitrogens with zero attached hydrogens (tertiary/aromatic N) is 2. The van der Waals surface area contributed by atoms with Crippen LogP contribution in [-0.4, -0.2) is 35.6 Å². The van der Waals surface area contributed by atoms with Crippen LogP contribution in [0, 0.1) is 5.92 Å². The molecule has 22 heavy (non-hydrogen) atoms. The van der Waals surface area contributed by atoms with E-state index >= 15 is 0 Å². The van der Waals surface area contributed by atoms with Gasteiger partial charge in [-0.3, -0.25) is 4.79 Å². The zero-order valence-electron chi connectivity index (χ0n) is 12.6. The summed E-state index contributed by atoms with van der Waals surface area (Å²) in [6.07, 6.45) is 11.4. The van der Waals surface area contributed by atoms with E-state index in [0.29, 0.717) is 0 Å². The van der Waals surface area contributed by atoms with Gasteiger partial charge in [-0.05, 0) is 32.1 Å². The number of hydrogen-bond donors (Lipinski definition) is 2. The van der Waals surface area contributed by atoms with Crippen LogP contribution in [0.2, 0.25) is 0 Å². The monoisotopic (exact) mass is 326 g/mol. The zero-order valence-corrected chi connectivity index (χ0v) is 13.4. The third kappa shape index (κ3) is 2.69. The van der Waals surface area contributed by atoms with Crippen LogP contribution in [0.4, 0.5) is 0 Å². The van der Waals surface area contributed by atoms with Gasteiger partial charge in [0.05, 0.1) is 17.0 Å². The van der Waals surface area contributed by atoms with Crippen LogP contribution >= 0.6 is 12.4 Å². The quantitative estimate of drug-likeness (QED) is 0.758. The maximum Gasteiger partial charge on any atom is 0.309 e. The summed E-state index contributed by atoms with van der Waals surface area (Å²) in [7, 11) is 0. The topological polar surface area (TPSA) is 75.1 Å². The lowest BCUT2D eigenvalue weighted by molar-refractivity contribution is -0.153. The Balaban J connectivity index is 0.00000144. The minimum atomic E-state index is -0.0125. The number of rotatable bonds is 2. The van der Waals surface area contributed by atoms with Gasteiger partial charge in [-0.2, -0.15) is 10.2 Å². The van der Waals surface area contributed by atoms with Crippen LogP contribution < -0.4 is 10.9 Å². The SMILES string of the molecule is Cl.O=C(OC1CCC2(CC=NN2)C1)C1CCC2(CC=NN2)C1. The minimum Gasteiger partial charge on any atom is -0.462 e. The van der Waals surface area contributed by atoms with Crippen LogP contribution in [0.15, 0.2) is 10.2 Å². The number of nitrogens with one attached hydrogen (secondary N) is 2. The van der Waals surface area contributed by atoms with Gasteiger partial charge in [0, 0.05) is 31.7 Å². The van der Waals surface area contributed by atoms with Gasteiger partial charge in [0.2, 0.25) is 0 Å². The molecule has 2 fully saturated rings. The Morgan fingerprint density at radius 3 is 2.32 bits per heavy atom. The number of halogens is 1. The van der Waals surface area contributed by atoms with E-state index in [-0.39, 0.29) is 41.5 Å². The molecule has 6 nitrogen and oxygen atoms in total. The third-order valence-corrected chi connectivity index (χ3v) is 5.54. The fourth-order valence-electron chi connectivity index (χ4n) is 4.24. The fraction of sp³-hybridized carbons (Fsp3) is 0.800. The first kappa shape index (κ1) is 15.6. The van der Waals surface area contributed by atoms with Crippen LogP contribution in [0.5, 0.6) is 0 Å². The first-order valence-corrected chi connectivity index (χ1v) is 7.97. The van der Waals surface area contributed by atoms with Crippen molar-refractivity contribution in [3.8, 4) is 0 Å². The first-order valence-electron chi connectivity index (χ1n) is 7.97. The lowest BCUT2D eigenvalue weighted by Gasteiger charge is -2.24. The van der Waals surface area contributed by atoms with Gasteiger partial charge in [0.1, 0.15) is 6.10 Å². The molecule has 4 aliphatic rings. The average Bonchev–Trinajstić information content (AvgIpc) is 3.24. The Kier molecular flexibility index (Phi) is 4.05. The molecule has 4 atom stereocenters. The summed E-state index contributed by atoms with van der Waals surface area (Å²) < 4.78 is 5.78. The summed E-state index contributed by atoms with van der Waals surface area (Å²) in [5.74, 6) is 0.0186. The van der Waals surface area contributed by atoms with Gasteiger partial charge in [0.15, 0.2) is 0 Å². The lowest BCUT2D eigenvalue weighted by Crippen LogP contribution is -2.37. The Labute approximate surface area is 136 Å². The second kappa shape index (κ2) is 5.72. The number of hydrogen-bond acceptors (Lipinski definition) is 6. The van der Waals surface area contributed by atoms with Crippen molar-refractivity contribution in [1.82, 2.24) is 10.9 Å². The summed E-state index contributed by atoms with van der Waals surface area (Å²) in [6.45, 7) is 0. The van der Waals surface area contributed by atoms with Crippen molar-refractivity contribution >= 4 is 30.8 Å².